The van der Waals surface area contributed by atoms with Crippen molar-refractivity contribution in [3.05, 3.63) is 23.8 Å². The molecular weight excluding hydrogens is 272 g/mol. The third kappa shape index (κ3) is 4.66. The van der Waals surface area contributed by atoms with Gasteiger partial charge in [0.15, 0.2) is 18.1 Å². The number of benzene rings is 1. The van der Waals surface area contributed by atoms with Gasteiger partial charge in [-0.1, -0.05) is 19.9 Å². The van der Waals surface area contributed by atoms with Crippen LogP contribution in [-0.2, 0) is 4.79 Å². The summed E-state index contributed by atoms with van der Waals surface area (Å²) in [5, 5.41) is 2.81. The number of carbonyl (C=O) groups excluding carboxylic acids is 2. The summed E-state index contributed by atoms with van der Waals surface area (Å²) in [4.78, 5) is 23.2. The number of hydrogen-bond acceptors (Lipinski definition) is 4. The van der Waals surface area contributed by atoms with E-state index in [0.717, 1.165) is 0 Å². The van der Waals surface area contributed by atoms with Crippen LogP contribution in [0, 0.1) is 5.92 Å². The molecule has 0 aliphatic carbocycles. The van der Waals surface area contributed by atoms with Gasteiger partial charge in [0.25, 0.3) is 11.8 Å². The molecule has 0 aliphatic heterocycles. The van der Waals surface area contributed by atoms with Crippen LogP contribution < -0.4 is 20.5 Å². The second-order valence-electron chi connectivity index (χ2n) is 5.09. The van der Waals surface area contributed by atoms with Gasteiger partial charge in [-0.2, -0.15) is 0 Å². The average Bonchev–Trinajstić information content (AvgIpc) is 2.44. The van der Waals surface area contributed by atoms with Gasteiger partial charge in [0.05, 0.1) is 12.7 Å². The van der Waals surface area contributed by atoms with Crippen molar-refractivity contribution in [3.8, 4) is 11.5 Å². The SMILES string of the molecule is COc1cccc(C(N)=O)c1OCC(=O)N[C@@H](C)C(C)C. The lowest BCUT2D eigenvalue weighted by molar-refractivity contribution is -0.124. The number of ether oxygens (including phenoxy) is 2. The number of carbonyl (C=O) groups is 2. The van der Waals surface area contributed by atoms with Crippen LogP contribution in [0.4, 0.5) is 0 Å². The first-order valence-electron chi connectivity index (χ1n) is 6.75. The standard InChI is InChI=1S/C15H22N2O4/c1-9(2)10(3)17-13(18)8-21-14-11(15(16)19)6-5-7-12(14)20-4/h5-7,9-10H,8H2,1-4H3,(H2,16,19)(H,17,18)/t10-/m0/s1. The first kappa shape index (κ1) is 16.8. The van der Waals surface area contributed by atoms with Crippen molar-refractivity contribution < 1.29 is 19.1 Å². The Morgan fingerprint density at radius 1 is 1.29 bits per heavy atom. The fourth-order valence-corrected chi connectivity index (χ4v) is 1.62. The van der Waals surface area contributed by atoms with Crippen LogP contribution >= 0.6 is 0 Å². The summed E-state index contributed by atoms with van der Waals surface area (Å²) in [7, 11) is 1.45. The fraction of sp³-hybridized carbons (Fsp3) is 0.467. The van der Waals surface area contributed by atoms with Gasteiger partial charge in [0.1, 0.15) is 0 Å². The van der Waals surface area contributed by atoms with Crippen molar-refractivity contribution in [1.29, 1.82) is 0 Å². The highest BCUT2D eigenvalue weighted by Crippen LogP contribution is 2.30. The Morgan fingerprint density at radius 2 is 1.95 bits per heavy atom. The number of rotatable bonds is 7. The van der Waals surface area contributed by atoms with Gasteiger partial charge in [-0.05, 0) is 25.0 Å². The molecule has 0 radical (unpaired) electrons. The van der Waals surface area contributed by atoms with Crippen molar-refractivity contribution in [2.75, 3.05) is 13.7 Å². The molecule has 6 heteroatoms. The first-order chi connectivity index (χ1) is 9.86. The van der Waals surface area contributed by atoms with Gasteiger partial charge in [0.2, 0.25) is 0 Å². The molecule has 6 nitrogen and oxygen atoms in total. The van der Waals surface area contributed by atoms with E-state index < -0.39 is 5.91 Å². The Morgan fingerprint density at radius 3 is 2.48 bits per heavy atom. The lowest BCUT2D eigenvalue weighted by Gasteiger charge is -2.18. The molecular formula is C15H22N2O4. The number of nitrogens with two attached hydrogens (primary N) is 1. The van der Waals surface area contributed by atoms with Crippen LogP contribution in [0.1, 0.15) is 31.1 Å². The molecule has 0 bridgehead atoms. The summed E-state index contributed by atoms with van der Waals surface area (Å²) in [6, 6.07) is 4.83. The molecule has 2 amide bonds. The zero-order chi connectivity index (χ0) is 16.0. The van der Waals surface area contributed by atoms with Crippen molar-refractivity contribution in [1.82, 2.24) is 5.32 Å². The predicted octanol–water partition coefficient (Wildman–Crippen LogP) is 1.33. The minimum atomic E-state index is -0.639. The second kappa shape index (κ2) is 7.52. The van der Waals surface area contributed by atoms with Crippen molar-refractivity contribution in [2.24, 2.45) is 11.7 Å². The Hall–Kier alpha value is -2.24. The Kier molecular flexibility index (Phi) is 6.02. The normalized spacial score (nSPS) is 11.9. The molecule has 0 aromatic heterocycles. The van der Waals surface area contributed by atoms with E-state index in [1.165, 1.54) is 13.2 Å². The van der Waals surface area contributed by atoms with E-state index in [4.69, 9.17) is 15.2 Å². The van der Waals surface area contributed by atoms with E-state index in [0.29, 0.717) is 11.7 Å². The molecule has 0 saturated heterocycles. The van der Waals surface area contributed by atoms with E-state index in [-0.39, 0.29) is 29.9 Å². The molecule has 1 atom stereocenters. The summed E-state index contributed by atoms with van der Waals surface area (Å²) in [5.74, 6) is -0.0466. The maximum Gasteiger partial charge on any atom is 0.258 e. The maximum atomic E-state index is 11.8. The molecule has 0 heterocycles. The van der Waals surface area contributed by atoms with E-state index in [1.54, 1.807) is 12.1 Å². The molecule has 1 aromatic carbocycles. The molecule has 0 fully saturated rings. The van der Waals surface area contributed by atoms with Gasteiger partial charge >= 0.3 is 0 Å². The molecule has 0 spiro atoms. The highest BCUT2D eigenvalue weighted by atomic mass is 16.5. The van der Waals surface area contributed by atoms with Crippen LogP contribution in [0.3, 0.4) is 0 Å². The summed E-state index contributed by atoms with van der Waals surface area (Å²) in [6.07, 6.45) is 0. The van der Waals surface area contributed by atoms with Crippen LogP contribution in [0.2, 0.25) is 0 Å². The molecule has 21 heavy (non-hydrogen) atoms. The third-order valence-electron chi connectivity index (χ3n) is 3.20. The topological polar surface area (TPSA) is 90.7 Å². The van der Waals surface area contributed by atoms with Crippen molar-refractivity contribution >= 4 is 11.8 Å². The fourth-order valence-electron chi connectivity index (χ4n) is 1.62. The third-order valence-corrected chi connectivity index (χ3v) is 3.20. The number of para-hydroxylation sites is 1. The van der Waals surface area contributed by atoms with Gasteiger partial charge in [-0.3, -0.25) is 9.59 Å². The minimum absolute atomic E-state index is 0.0365. The van der Waals surface area contributed by atoms with Gasteiger partial charge in [-0.25, -0.2) is 0 Å². The van der Waals surface area contributed by atoms with Gasteiger partial charge < -0.3 is 20.5 Å². The second-order valence-corrected chi connectivity index (χ2v) is 5.09. The lowest BCUT2D eigenvalue weighted by atomic mass is 10.1. The summed E-state index contributed by atoms with van der Waals surface area (Å²) in [6.45, 7) is 5.73. The predicted molar refractivity (Wildman–Crippen MR) is 79.4 cm³/mol. The highest BCUT2D eigenvalue weighted by molar-refractivity contribution is 5.96. The molecule has 0 aliphatic rings. The zero-order valence-corrected chi connectivity index (χ0v) is 12.8. The molecule has 116 valence electrons. The smallest absolute Gasteiger partial charge is 0.258 e. The molecule has 1 aromatic rings. The number of methoxy groups -OCH3 is 1. The Labute approximate surface area is 124 Å². The van der Waals surface area contributed by atoms with Crippen LogP contribution in [-0.4, -0.2) is 31.6 Å². The van der Waals surface area contributed by atoms with Gasteiger partial charge in [-0.15, -0.1) is 0 Å². The monoisotopic (exact) mass is 294 g/mol. The summed E-state index contributed by atoms with van der Waals surface area (Å²) >= 11 is 0. The molecule has 3 N–H and O–H groups in total. The van der Waals surface area contributed by atoms with Crippen LogP contribution in [0.5, 0.6) is 11.5 Å². The lowest BCUT2D eigenvalue weighted by Crippen LogP contribution is -2.39. The maximum absolute atomic E-state index is 11.8. The number of hydrogen-bond donors (Lipinski definition) is 2. The molecule has 1 rings (SSSR count). The van der Waals surface area contributed by atoms with E-state index in [9.17, 15) is 9.59 Å². The number of primary amides is 1. The average molecular weight is 294 g/mol. The molecule has 0 saturated carbocycles. The van der Waals surface area contributed by atoms with Crippen LogP contribution in [0.25, 0.3) is 0 Å². The van der Waals surface area contributed by atoms with Crippen molar-refractivity contribution in [3.63, 3.8) is 0 Å². The van der Waals surface area contributed by atoms with Crippen molar-refractivity contribution in [2.45, 2.75) is 26.8 Å². The highest BCUT2D eigenvalue weighted by Gasteiger charge is 2.17. The Balaban J connectivity index is 2.79. The Bertz CT molecular complexity index is 514. The first-order valence-corrected chi connectivity index (χ1v) is 6.75. The van der Waals surface area contributed by atoms with Gasteiger partial charge in [0, 0.05) is 6.04 Å². The van der Waals surface area contributed by atoms with E-state index in [2.05, 4.69) is 5.32 Å². The zero-order valence-electron chi connectivity index (χ0n) is 12.8. The minimum Gasteiger partial charge on any atom is -0.493 e. The summed E-state index contributed by atoms with van der Waals surface area (Å²) in [5.41, 5.74) is 5.47. The quantitative estimate of drug-likeness (QED) is 0.794. The van der Waals surface area contributed by atoms with Crippen LogP contribution in [0.15, 0.2) is 18.2 Å². The summed E-state index contributed by atoms with van der Waals surface area (Å²) < 4.78 is 10.5. The van der Waals surface area contributed by atoms with E-state index in [1.807, 2.05) is 20.8 Å². The number of amides is 2. The largest absolute Gasteiger partial charge is 0.493 e. The molecule has 0 unspecified atom stereocenters. The van der Waals surface area contributed by atoms with E-state index >= 15 is 0 Å². The number of nitrogens with one attached hydrogen (secondary N) is 1.